The maximum absolute atomic E-state index is 3.67. The molecule has 2 fully saturated rings. The first-order valence-corrected chi connectivity index (χ1v) is 6.10. The first-order chi connectivity index (χ1) is 7.27. The lowest BCUT2D eigenvalue weighted by atomic mass is 10.0. The summed E-state index contributed by atoms with van der Waals surface area (Å²) in [5.74, 6) is 0.870. The average Bonchev–Trinajstić information content (AvgIpc) is 3.11. The Balaban J connectivity index is 1.72. The third-order valence-corrected chi connectivity index (χ3v) is 3.78. The van der Waals surface area contributed by atoms with E-state index in [0.717, 1.165) is 12.5 Å². The molecule has 0 aliphatic heterocycles. The van der Waals surface area contributed by atoms with Crippen molar-refractivity contribution in [3.05, 3.63) is 35.4 Å². The molecule has 0 amide bonds. The summed E-state index contributed by atoms with van der Waals surface area (Å²) in [5.41, 5.74) is 3.57. The minimum absolute atomic E-state index is 0.455. The largest absolute Gasteiger partial charge is 0.307 e. The van der Waals surface area contributed by atoms with Crippen molar-refractivity contribution >= 4 is 0 Å². The summed E-state index contributed by atoms with van der Waals surface area (Å²) < 4.78 is 0. The van der Waals surface area contributed by atoms with Crippen LogP contribution in [-0.4, -0.2) is 5.54 Å². The minimum Gasteiger partial charge on any atom is -0.307 e. The van der Waals surface area contributed by atoms with Crippen molar-refractivity contribution < 1.29 is 0 Å². The number of rotatable bonds is 4. The van der Waals surface area contributed by atoms with Crippen LogP contribution in [0.1, 0.15) is 49.7 Å². The molecule has 1 aromatic rings. The summed E-state index contributed by atoms with van der Waals surface area (Å²) in [6.07, 6.45) is 5.49. The third-order valence-electron chi connectivity index (χ3n) is 3.78. The minimum atomic E-state index is 0.455. The molecule has 0 atom stereocenters. The molecule has 0 saturated heterocycles. The zero-order valence-electron chi connectivity index (χ0n) is 9.42. The predicted molar refractivity (Wildman–Crippen MR) is 62.9 cm³/mol. The van der Waals surface area contributed by atoms with Crippen LogP contribution in [0.3, 0.4) is 0 Å². The van der Waals surface area contributed by atoms with Gasteiger partial charge in [-0.25, -0.2) is 0 Å². The van der Waals surface area contributed by atoms with Crippen LogP contribution in [0.5, 0.6) is 0 Å². The Hall–Kier alpha value is -0.820. The molecular formula is C14H19N. The lowest BCUT2D eigenvalue weighted by Crippen LogP contribution is -2.27. The van der Waals surface area contributed by atoms with Crippen LogP contribution in [0.2, 0.25) is 0 Å². The van der Waals surface area contributed by atoms with Gasteiger partial charge in [0, 0.05) is 12.1 Å². The van der Waals surface area contributed by atoms with Gasteiger partial charge in [0.05, 0.1) is 0 Å². The molecule has 1 heteroatoms. The van der Waals surface area contributed by atoms with E-state index in [4.69, 9.17) is 0 Å². The van der Waals surface area contributed by atoms with Gasteiger partial charge in [-0.15, -0.1) is 0 Å². The zero-order chi connectivity index (χ0) is 10.3. The average molecular weight is 201 g/mol. The van der Waals surface area contributed by atoms with Gasteiger partial charge in [-0.2, -0.15) is 0 Å². The highest BCUT2D eigenvalue weighted by Gasteiger charge is 2.36. The quantitative estimate of drug-likeness (QED) is 0.788. The monoisotopic (exact) mass is 201 g/mol. The van der Waals surface area contributed by atoms with Crippen molar-refractivity contribution in [1.82, 2.24) is 5.32 Å². The Morgan fingerprint density at radius 1 is 1.27 bits per heavy atom. The standard InChI is InChI=1S/C14H19N/c1-14(8-9-14)15-10-12-4-2-3-5-13(12)11-6-7-11/h2-5,11,15H,6-10H2,1H3. The fraction of sp³-hybridized carbons (Fsp3) is 0.571. The van der Waals surface area contributed by atoms with E-state index < -0.39 is 0 Å². The zero-order valence-corrected chi connectivity index (χ0v) is 9.42. The summed E-state index contributed by atoms with van der Waals surface area (Å²) in [5, 5.41) is 3.67. The molecule has 2 saturated carbocycles. The second-order valence-electron chi connectivity index (χ2n) is 5.39. The molecule has 1 aromatic carbocycles. The molecule has 0 bridgehead atoms. The highest BCUT2D eigenvalue weighted by atomic mass is 15.0. The SMILES string of the molecule is CC1(NCc2ccccc2C2CC2)CC1. The van der Waals surface area contributed by atoms with Gasteiger partial charge in [-0.3, -0.25) is 0 Å². The Kier molecular flexibility index (Phi) is 2.10. The predicted octanol–water partition coefficient (Wildman–Crippen LogP) is 3.21. The fourth-order valence-corrected chi connectivity index (χ4v) is 2.16. The molecule has 0 radical (unpaired) electrons. The van der Waals surface area contributed by atoms with Crippen molar-refractivity contribution in [2.75, 3.05) is 0 Å². The number of hydrogen-bond donors (Lipinski definition) is 1. The Labute approximate surface area is 91.9 Å². The van der Waals surface area contributed by atoms with E-state index in [1.54, 1.807) is 5.56 Å². The molecule has 1 N–H and O–H groups in total. The van der Waals surface area contributed by atoms with Crippen LogP contribution >= 0.6 is 0 Å². The van der Waals surface area contributed by atoms with Crippen molar-refractivity contribution in [1.29, 1.82) is 0 Å². The van der Waals surface area contributed by atoms with E-state index in [9.17, 15) is 0 Å². The van der Waals surface area contributed by atoms with Gasteiger partial charge in [0.25, 0.3) is 0 Å². The summed E-state index contributed by atoms with van der Waals surface area (Å²) >= 11 is 0. The van der Waals surface area contributed by atoms with Crippen LogP contribution in [0, 0.1) is 0 Å². The van der Waals surface area contributed by atoms with Crippen LogP contribution in [-0.2, 0) is 6.54 Å². The lowest BCUT2D eigenvalue weighted by Gasteiger charge is -2.14. The molecule has 0 aromatic heterocycles. The lowest BCUT2D eigenvalue weighted by molar-refractivity contribution is 0.536. The van der Waals surface area contributed by atoms with Gasteiger partial charge in [0.15, 0.2) is 0 Å². The molecule has 80 valence electrons. The first-order valence-electron chi connectivity index (χ1n) is 6.10. The number of benzene rings is 1. The van der Waals surface area contributed by atoms with Crippen LogP contribution in [0.25, 0.3) is 0 Å². The molecule has 0 unspecified atom stereocenters. The Bertz CT molecular complexity index is 361. The van der Waals surface area contributed by atoms with E-state index in [1.165, 1.54) is 31.2 Å². The van der Waals surface area contributed by atoms with E-state index >= 15 is 0 Å². The second-order valence-corrected chi connectivity index (χ2v) is 5.39. The van der Waals surface area contributed by atoms with Crippen molar-refractivity contribution in [2.45, 2.75) is 50.6 Å². The maximum Gasteiger partial charge on any atom is 0.0213 e. The van der Waals surface area contributed by atoms with Crippen molar-refractivity contribution in [3.63, 3.8) is 0 Å². The van der Waals surface area contributed by atoms with Crippen LogP contribution in [0.15, 0.2) is 24.3 Å². The molecule has 2 aliphatic rings. The van der Waals surface area contributed by atoms with Crippen LogP contribution in [0.4, 0.5) is 0 Å². The van der Waals surface area contributed by atoms with Gasteiger partial charge in [-0.1, -0.05) is 24.3 Å². The summed E-state index contributed by atoms with van der Waals surface area (Å²) in [6, 6.07) is 8.93. The summed E-state index contributed by atoms with van der Waals surface area (Å²) in [6.45, 7) is 3.38. The smallest absolute Gasteiger partial charge is 0.0213 e. The maximum atomic E-state index is 3.67. The van der Waals surface area contributed by atoms with Crippen molar-refractivity contribution in [3.8, 4) is 0 Å². The molecule has 15 heavy (non-hydrogen) atoms. The summed E-state index contributed by atoms with van der Waals surface area (Å²) in [4.78, 5) is 0. The van der Waals surface area contributed by atoms with Crippen LogP contribution < -0.4 is 5.32 Å². The van der Waals surface area contributed by atoms with E-state index in [2.05, 4.69) is 36.5 Å². The molecule has 0 spiro atoms. The Morgan fingerprint density at radius 2 is 2.00 bits per heavy atom. The van der Waals surface area contributed by atoms with Gasteiger partial charge >= 0.3 is 0 Å². The highest BCUT2D eigenvalue weighted by Crippen LogP contribution is 2.42. The molecule has 2 aliphatic carbocycles. The fourth-order valence-electron chi connectivity index (χ4n) is 2.16. The van der Waals surface area contributed by atoms with E-state index in [1.807, 2.05) is 0 Å². The van der Waals surface area contributed by atoms with Gasteiger partial charge in [0.2, 0.25) is 0 Å². The van der Waals surface area contributed by atoms with Crippen molar-refractivity contribution in [2.24, 2.45) is 0 Å². The van der Waals surface area contributed by atoms with Gasteiger partial charge < -0.3 is 5.32 Å². The topological polar surface area (TPSA) is 12.0 Å². The van der Waals surface area contributed by atoms with E-state index in [-0.39, 0.29) is 0 Å². The molecule has 1 nitrogen and oxygen atoms in total. The van der Waals surface area contributed by atoms with E-state index in [0.29, 0.717) is 5.54 Å². The second kappa shape index (κ2) is 3.34. The molecule has 3 rings (SSSR count). The summed E-state index contributed by atoms with van der Waals surface area (Å²) in [7, 11) is 0. The molecule has 0 heterocycles. The normalized spacial score (nSPS) is 22.7. The third kappa shape index (κ3) is 2.07. The number of hydrogen-bond acceptors (Lipinski definition) is 1. The first kappa shape index (κ1) is 9.41. The Morgan fingerprint density at radius 3 is 2.67 bits per heavy atom. The highest BCUT2D eigenvalue weighted by molar-refractivity contribution is 5.33. The van der Waals surface area contributed by atoms with Gasteiger partial charge in [-0.05, 0) is 49.7 Å². The van der Waals surface area contributed by atoms with Gasteiger partial charge in [0.1, 0.15) is 0 Å². The molecular weight excluding hydrogens is 182 g/mol. The number of nitrogens with one attached hydrogen (secondary N) is 1.